The number of aromatic hydroxyl groups is 1. The van der Waals surface area contributed by atoms with Gasteiger partial charge in [-0.05, 0) is 41.0 Å². The number of likely N-dealkylation sites (N-methyl/N-ethyl adjacent to an activating group) is 1. The Morgan fingerprint density at radius 3 is 2.38 bits per heavy atom. The van der Waals surface area contributed by atoms with Crippen molar-refractivity contribution in [2.45, 2.75) is 39.1 Å². The summed E-state index contributed by atoms with van der Waals surface area (Å²) < 4.78 is 0. The molecule has 2 heterocycles. The van der Waals surface area contributed by atoms with Gasteiger partial charge in [-0.15, -0.1) is 0 Å². The molecular formula is C30H34ClN5O4. The maximum atomic E-state index is 13.9. The average molecular weight is 564 g/mol. The fourth-order valence-electron chi connectivity index (χ4n) is 5.21. The highest BCUT2D eigenvalue weighted by molar-refractivity contribution is 6.30. The van der Waals surface area contributed by atoms with E-state index in [2.05, 4.69) is 5.32 Å². The molecule has 9 nitrogen and oxygen atoms in total. The van der Waals surface area contributed by atoms with Crippen molar-refractivity contribution < 1.29 is 19.5 Å². The van der Waals surface area contributed by atoms with Gasteiger partial charge in [-0.2, -0.15) is 0 Å². The van der Waals surface area contributed by atoms with E-state index in [1.165, 1.54) is 5.01 Å². The predicted octanol–water partition coefficient (Wildman–Crippen LogP) is 3.86. The number of amides is 4. The first-order valence-electron chi connectivity index (χ1n) is 12.7. The normalized spacial score (nSPS) is 19.2. The minimum atomic E-state index is -0.821. The van der Waals surface area contributed by atoms with Gasteiger partial charge in [0.2, 0.25) is 11.8 Å². The molecule has 2 atom stereocenters. The van der Waals surface area contributed by atoms with Crippen LogP contribution in [0.5, 0.6) is 5.75 Å². The molecule has 2 N–H and O–H groups in total. The summed E-state index contributed by atoms with van der Waals surface area (Å²) >= 11 is 6.20. The van der Waals surface area contributed by atoms with Crippen LogP contribution < -0.4 is 5.32 Å². The van der Waals surface area contributed by atoms with Crippen molar-refractivity contribution in [2.75, 3.05) is 20.1 Å². The summed E-state index contributed by atoms with van der Waals surface area (Å²) in [6.45, 7) is 0.717. The molecule has 0 saturated carbocycles. The molecule has 210 valence electrons. The number of nitrogens with zero attached hydrogens (tertiary/aromatic N) is 4. The number of fused-ring (bicyclic) bond motifs is 1. The molecule has 10 heteroatoms. The molecule has 4 amide bonds. The zero-order valence-corrected chi connectivity index (χ0v) is 22.3. The molecule has 2 fully saturated rings. The lowest BCUT2D eigenvalue weighted by Crippen LogP contribution is -2.76. The van der Waals surface area contributed by atoms with E-state index in [1.54, 1.807) is 58.3 Å². The van der Waals surface area contributed by atoms with Crippen LogP contribution in [0.3, 0.4) is 0 Å². The molecule has 0 spiro atoms. The second kappa shape index (κ2) is 12.4. The van der Waals surface area contributed by atoms with Crippen LogP contribution in [0.15, 0.2) is 78.9 Å². The number of halogens is 1. The Hall–Kier alpha value is -4.08. The second-order valence-electron chi connectivity index (χ2n) is 9.82. The molecule has 1 unspecified atom stereocenters. The number of phenols is 1. The molecular weight excluding hydrogens is 530 g/mol. The number of piperazine rings is 1. The lowest BCUT2D eigenvalue weighted by atomic mass is 9.98. The van der Waals surface area contributed by atoms with Crippen LogP contribution in [0.4, 0.5) is 4.79 Å². The standard InChI is InChI=1S/C29H30ClN5O4.CH4/c1-32-19-27(37)34-25(15-20-10-12-24(36)13-11-20)28(38)33(17-22-8-5-9-23(30)14-22)18-26(34)35(32)29(39)31-16-21-6-3-2-4-7-21;/h2-14,25-26,36H,15-19H2,1H3,(H,31,39);1H4/t25-,26?;/m0./s1. The first kappa shape index (κ1) is 28.9. The molecule has 40 heavy (non-hydrogen) atoms. The van der Waals surface area contributed by atoms with E-state index < -0.39 is 12.2 Å². The van der Waals surface area contributed by atoms with Crippen LogP contribution in [0, 0.1) is 0 Å². The van der Waals surface area contributed by atoms with Crippen molar-refractivity contribution in [3.05, 3.63) is 101 Å². The molecule has 2 saturated heterocycles. The third-order valence-corrected chi connectivity index (χ3v) is 7.30. The monoisotopic (exact) mass is 563 g/mol. The Kier molecular flexibility index (Phi) is 8.96. The smallest absolute Gasteiger partial charge is 0.334 e. The number of carbonyl (C=O) groups is 3. The summed E-state index contributed by atoms with van der Waals surface area (Å²) in [5, 5.41) is 16.4. The maximum Gasteiger partial charge on any atom is 0.334 e. The lowest BCUT2D eigenvalue weighted by Gasteiger charge is -2.54. The number of hydrazine groups is 1. The topological polar surface area (TPSA) is 96.4 Å². The third-order valence-electron chi connectivity index (χ3n) is 7.06. The number of hydrogen-bond acceptors (Lipinski definition) is 5. The van der Waals surface area contributed by atoms with Gasteiger partial charge in [-0.25, -0.2) is 14.8 Å². The SMILES string of the molecule is C.CN1CC(=O)N2C(CN(Cc3cccc(Cl)c3)C(=O)[C@@H]2Cc2ccc(O)cc2)N1C(=O)NCc1ccccc1. The van der Waals surface area contributed by atoms with Crippen molar-refractivity contribution >= 4 is 29.4 Å². The van der Waals surface area contributed by atoms with Crippen LogP contribution in [0.1, 0.15) is 24.1 Å². The number of phenolic OH excluding ortho intramolecular Hbond substituents is 1. The van der Waals surface area contributed by atoms with Crippen molar-refractivity contribution in [3.63, 3.8) is 0 Å². The largest absolute Gasteiger partial charge is 0.508 e. The number of hydrogen-bond donors (Lipinski definition) is 2. The Balaban J connectivity index is 0.00000370. The van der Waals surface area contributed by atoms with E-state index >= 15 is 0 Å². The minimum absolute atomic E-state index is 0. The van der Waals surface area contributed by atoms with Crippen LogP contribution >= 0.6 is 11.6 Å². The van der Waals surface area contributed by atoms with Crippen molar-refractivity contribution in [1.82, 2.24) is 25.1 Å². The Labute approximate surface area is 239 Å². The quantitative estimate of drug-likeness (QED) is 0.475. The molecule has 5 rings (SSSR count). The van der Waals surface area contributed by atoms with Crippen LogP contribution in [-0.2, 0) is 29.1 Å². The van der Waals surface area contributed by atoms with Gasteiger partial charge in [0.1, 0.15) is 18.0 Å². The van der Waals surface area contributed by atoms with E-state index in [0.717, 1.165) is 16.7 Å². The number of benzene rings is 3. The van der Waals surface area contributed by atoms with Gasteiger partial charge in [-0.3, -0.25) is 9.59 Å². The molecule has 0 radical (unpaired) electrons. The Morgan fingerprint density at radius 1 is 0.975 bits per heavy atom. The summed E-state index contributed by atoms with van der Waals surface area (Å²) in [6.07, 6.45) is -0.456. The zero-order chi connectivity index (χ0) is 27.5. The summed E-state index contributed by atoms with van der Waals surface area (Å²) in [5.41, 5.74) is 2.59. The van der Waals surface area contributed by atoms with Gasteiger partial charge in [0, 0.05) is 31.6 Å². The fourth-order valence-corrected chi connectivity index (χ4v) is 5.43. The van der Waals surface area contributed by atoms with Gasteiger partial charge in [-0.1, -0.05) is 73.6 Å². The van der Waals surface area contributed by atoms with Crippen molar-refractivity contribution in [3.8, 4) is 5.75 Å². The zero-order valence-electron chi connectivity index (χ0n) is 21.5. The molecule has 2 aliphatic rings. The highest BCUT2D eigenvalue weighted by Crippen LogP contribution is 2.29. The van der Waals surface area contributed by atoms with Crippen molar-refractivity contribution in [1.29, 1.82) is 0 Å². The lowest BCUT2D eigenvalue weighted by molar-refractivity contribution is -0.187. The number of rotatable bonds is 6. The van der Waals surface area contributed by atoms with E-state index in [0.29, 0.717) is 11.6 Å². The highest BCUT2D eigenvalue weighted by atomic mass is 35.5. The molecule has 0 aromatic heterocycles. The predicted molar refractivity (Wildman–Crippen MR) is 153 cm³/mol. The van der Waals surface area contributed by atoms with Gasteiger partial charge in [0.15, 0.2) is 0 Å². The first-order chi connectivity index (χ1) is 18.8. The van der Waals surface area contributed by atoms with Crippen molar-refractivity contribution in [2.24, 2.45) is 0 Å². The highest BCUT2D eigenvalue weighted by Gasteiger charge is 2.50. The van der Waals surface area contributed by atoms with E-state index in [1.807, 2.05) is 42.5 Å². The first-order valence-corrected chi connectivity index (χ1v) is 13.1. The van der Waals surface area contributed by atoms with Gasteiger partial charge < -0.3 is 20.2 Å². The van der Waals surface area contributed by atoms with E-state index in [9.17, 15) is 19.5 Å². The molecule has 3 aromatic rings. The minimum Gasteiger partial charge on any atom is -0.508 e. The number of urea groups is 1. The second-order valence-corrected chi connectivity index (χ2v) is 10.3. The number of nitrogens with one attached hydrogen (secondary N) is 1. The molecule has 3 aromatic carbocycles. The summed E-state index contributed by atoms with van der Waals surface area (Å²) in [6, 6.07) is 22.3. The van der Waals surface area contributed by atoms with E-state index in [4.69, 9.17) is 11.6 Å². The summed E-state index contributed by atoms with van der Waals surface area (Å²) in [4.78, 5) is 44.0. The van der Waals surface area contributed by atoms with Gasteiger partial charge >= 0.3 is 6.03 Å². The van der Waals surface area contributed by atoms with Crippen LogP contribution in [0.25, 0.3) is 0 Å². The van der Waals surface area contributed by atoms with E-state index in [-0.39, 0.29) is 57.1 Å². The fraction of sp³-hybridized carbons (Fsp3) is 0.300. The maximum absolute atomic E-state index is 13.9. The number of carbonyl (C=O) groups excluding carboxylic acids is 3. The van der Waals surface area contributed by atoms with Gasteiger partial charge in [0.05, 0.1) is 13.1 Å². The Morgan fingerprint density at radius 2 is 1.68 bits per heavy atom. The molecule has 2 aliphatic heterocycles. The van der Waals surface area contributed by atoms with Crippen LogP contribution in [0.2, 0.25) is 5.02 Å². The average Bonchev–Trinajstić information content (AvgIpc) is 2.91. The third kappa shape index (κ3) is 6.21. The summed E-state index contributed by atoms with van der Waals surface area (Å²) in [7, 11) is 1.70. The summed E-state index contributed by atoms with van der Waals surface area (Å²) in [5.74, 6) is -0.317. The Bertz CT molecular complexity index is 1350. The molecule has 0 bridgehead atoms. The molecule has 0 aliphatic carbocycles. The van der Waals surface area contributed by atoms with Gasteiger partial charge in [0.25, 0.3) is 0 Å². The van der Waals surface area contributed by atoms with Crippen LogP contribution in [-0.4, -0.2) is 75.1 Å².